The van der Waals surface area contributed by atoms with Gasteiger partial charge < -0.3 is 15.2 Å². The van der Waals surface area contributed by atoms with Gasteiger partial charge in [0.25, 0.3) is 0 Å². The maximum atomic E-state index is 12.2. The number of nitrogens with zero attached hydrogens (tertiary/aromatic N) is 1. The third-order valence-electron chi connectivity index (χ3n) is 4.86. The third kappa shape index (κ3) is 3.45. The van der Waals surface area contributed by atoms with Crippen molar-refractivity contribution in [2.45, 2.75) is 46.1 Å². The van der Waals surface area contributed by atoms with Gasteiger partial charge in [-0.3, -0.25) is 0 Å². The average Bonchev–Trinajstić information content (AvgIpc) is 3.05. The van der Waals surface area contributed by atoms with Crippen LogP contribution in [0.2, 0.25) is 0 Å². The Labute approximate surface area is 142 Å². The van der Waals surface area contributed by atoms with Gasteiger partial charge in [-0.05, 0) is 50.2 Å². The molecule has 0 bridgehead atoms. The van der Waals surface area contributed by atoms with Crippen molar-refractivity contribution in [2.75, 3.05) is 6.54 Å². The molecule has 0 unspecified atom stereocenters. The van der Waals surface area contributed by atoms with Crippen LogP contribution in [0.1, 0.15) is 47.5 Å². The van der Waals surface area contributed by atoms with Gasteiger partial charge in [-0.2, -0.15) is 0 Å². The molecule has 1 aliphatic carbocycles. The van der Waals surface area contributed by atoms with E-state index in [0.29, 0.717) is 12.5 Å². The lowest BCUT2D eigenvalue weighted by Crippen LogP contribution is -2.39. The minimum Gasteiger partial charge on any atom is -0.361 e. The van der Waals surface area contributed by atoms with E-state index >= 15 is 0 Å². The maximum absolute atomic E-state index is 12.2. The van der Waals surface area contributed by atoms with Crippen LogP contribution < -0.4 is 10.6 Å². The molecule has 0 saturated carbocycles. The number of nitrogens with one attached hydrogen (secondary N) is 2. The van der Waals surface area contributed by atoms with Crippen molar-refractivity contribution in [1.82, 2.24) is 15.8 Å². The van der Waals surface area contributed by atoms with Gasteiger partial charge in [0.2, 0.25) is 0 Å². The summed E-state index contributed by atoms with van der Waals surface area (Å²) >= 11 is 0. The number of amides is 2. The first kappa shape index (κ1) is 16.6. The molecule has 1 aromatic heterocycles. The summed E-state index contributed by atoms with van der Waals surface area (Å²) in [7, 11) is 0. The molecule has 3 rings (SSSR count). The standard InChI is InChI=1S/C19H25N3O2/c1-12-11-15-7-4-5-8-17(15)18(12)21-19(23)20-10-6-9-16-13(2)22-24-14(16)3/h4-5,7-8,12,18H,6,9-11H2,1-3H3,(H2,20,21,23)/t12-,18+/m0/s1. The van der Waals surface area contributed by atoms with Crippen molar-refractivity contribution in [3.8, 4) is 0 Å². The van der Waals surface area contributed by atoms with Crippen molar-refractivity contribution in [1.29, 1.82) is 0 Å². The molecule has 5 nitrogen and oxygen atoms in total. The topological polar surface area (TPSA) is 67.2 Å². The van der Waals surface area contributed by atoms with Crippen LogP contribution in [0.25, 0.3) is 0 Å². The monoisotopic (exact) mass is 327 g/mol. The van der Waals surface area contributed by atoms with E-state index in [9.17, 15) is 4.79 Å². The van der Waals surface area contributed by atoms with Gasteiger partial charge in [-0.1, -0.05) is 36.3 Å². The van der Waals surface area contributed by atoms with Crippen LogP contribution in [0, 0.1) is 19.8 Å². The van der Waals surface area contributed by atoms with Crippen LogP contribution in [0.4, 0.5) is 4.79 Å². The second kappa shape index (κ2) is 7.07. The quantitative estimate of drug-likeness (QED) is 0.827. The van der Waals surface area contributed by atoms with Crippen molar-refractivity contribution in [3.63, 3.8) is 0 Å². The van der Waals surface area contributed by atoms with Crippen molar-refractivity contribution in [3.05, 3.63) is 52.4 Å². The normalized spacial score (nSPS) is 19.1. The lowest BCUT2D eigenvalue weighted by molar-refractivity contribution is 0.233. The first-order valence-corrected chi connectivity index (χ1v) is 8.60. The molecule has 2 aromatic rings. The lowest BCUT2D eigenvalue weighted by atomic mass is 10.0. The van der Waals surface area contributed by atoms with Gasteiger partial charge >= 0.3 is 6.03 Å². The molecule has 128 valence electrons. The van der Waals surface area contributed by atoms with Crippen molar-refractivity contribution < 1.29 is 9.32 Å². The van der Waals surface area contributed by atoms with E-state index in [-0.39, 0.29) is 12.1 Å². The van der Waals surface area contributed by atoms with E-state index in [1.165, 1.54) is 11.1 Å². The zero-order valence-corrected chi connectivity index (χ0v) is 14.6. The van der Waals surface area contributed by atoms with Crippen LogP contribution in [-0.2, 0) is 12.8 Å². The molecule has 2 amide bonds. The Morgan fingerprint density at radius 1 is 1.33 bits per heavy atom. The molecular formula is C19H25N3O2. The smallest absolute Gasteiger partial charge is 0.315 e. The lowest BCUT2D eigenvalue weighted by Gasteiger charge is -2.19. The summed E-state index contributed by atoms with van der Waals surface area (Å²) < 4.78 is 5.16. The number of hydrogen-bond donors (Lipinski definition) is 2. The van der Waals surface area contributed by atoms with Crippen LogP contribution in [0.3, 0.4) is 0 Å². The fraction of sp³-hybridized carbons (Fsp3) is 0.474. The van der Waals surface area contributed by atoms with Gasteiger partial charge in [0.05, 0.1) is 11.7 Å². The van der Waals surface area contributed by atoms with Gasteiger partial charge in [0.1, 0.15) is 5.76 Å². The number of urea groups is 1. The van der Waals surface area contributed by atoms with Gasteiger partial charge in [-0.15, -0.1) is 0 Å². The highest BCUT2D eigenvalue weighted by Crippen LogP contribution is 2.35. The zero-order valence-electron chi connectivity index (χ0n) is 14.6. The average molecular weight is 327 g/mol. The van der Waals surface area contributed by atoms with Crippen LogP contribution in [0.5, 0.6) is 0 Å². The SMILES string of the molecule is Cc1noc(C)c1CCCNC(=O)N[C@H]1c2ccccc2C[C@@H]1C. The Hall–Kier alpha value is -2.30. The first-order valence-electron chi connectivity index (χ1n) is 8.60. The predicted octanol–water partition coefficient (Wildman–Crippen LogP) is 3.46. The highest BCUT2D eigenvalue weighted by molar-refractivity contribution is 5.74. The molecular weight excluding hydrogens is 302 g/mol. The molecule has 5 heteroatoms. The van der Waals surface area contributed by atoms with E-state index in [0.717, 1.165) is 36.3 Å². The fourth-order valence-electron chi connectivity index (χ4n) is 3.53. The molecule has 0 saturated heterocycles. The van der Waals surface area contributed by atoms with E-state index in [1.807, 2.05) is 19.9 Å². The number of aryl methyl sites for hydroxylation is 2. The van der Waals surface area contributed by atoms with Crippen molar-refractivity contribution in [2.24, 2.45) is 5.92 Å². The summed E-state index contributed by atoms with van der Waals surface area (Å²) in [6, 6.07) is 8.36. The minimum atomic E-state index is -0.0951. The number of fused-ring (bicyclic) bond motifs is 1. The Bertz CT molecular complexity index is 704. The molecule has 24 heavy (non-hydrogen) atoms. The summed E-state index contributed by atoms with van der Waals surface area (Å²) in [5.74, 6) is 1.30. The molecule has 1 aromatic carbocycles. The number of carbonyl (C=O) groups excluding carboxylic acids is 1. The molecule has 0 aliphatic heterocycles. The van der Waals surface area contributed by atoms with Crippen molar-refractivity contribution >= 4 is 6.03 Å². The summed E-state index contributed by atoms with van der Waals surface area (Å²) in [6.45, 7) is 6.69. The van der Waals surface area contributed by atoms with Gasteiger partial charge in [-0.25, -0.2) is 4.79 Å². The Morgan fingerprint density at radius 2 is 2.12 bits per heavy atom. The molecule has 2 atom stereocenters. The summed E-state index contributed by atoms with van der Waals surface area (Å²) in [5.41, 5.74) is 4.67. The molecule has 2 N–H and O–H groups in total. The van der Waals surface area contributed by atoms with Gasteiger partial charge in [0, 0.05) is 12.1 Å². The number of rotatable bonds is 5. The fourth-order valence-corrected chi connectivity index (χ4v) is 3.53. The van der Waals surface area contributed by atoms with Crippen LogP contribution in [-0.4, -0.2) is 17.7 Å². The Morgan fingerprint density at radius 3 is 2.88 bits per heavy atom. The molecule has 0 fully saturated rings. The minimum absolute atomic E-state index is 0.0951. The molecule has 1 heterocycles. The summed E-state index contributed by atoms with van der Waals surface area (Å²) in [5, 5.41) is 10.0. The number of aromatic nitrogens is 1. The number of hydrogen-bond acceptors (Lipinski definition) is 3. The molecule has 0 spiro atoms. The van der Waals surface area contributed by atoms with E-state index < -0.39 is 0 Å². The predicted molar refractivity (Wildman–Crippen MR) is 92.9 cm³/mol. The van der Waals surface area contributed by atoms with E-state index in [2.05, 4.69) is 40.9 Å². The van der Waals surface area contributed by atoms with Crippen LogP contribution >= 0.6 is 0 Å². The molecule has 1 aliphatic rings. The maximum Gasteiger partial charge on any atom is 0.315 e. The van der Waals surface area contributed by atoms with E-state index in [1.54, 1.807) is 0 Å². The largest absolute Gasteiger partial charge is 0.361 e. The number of benzene rings is 1. The summed E-state index contributed by atoms with van der Waals surface area (Å²) in [6.07, 6.45) is 2.75. The second-order valence-corrected chi connectivity index (χ2v) is 6.66. The number of carbonyl (C=O) groups is 1. The highest BCUT2D eigenvalue weighted by Gasteiger charge is 2.29. The van der Waals surface area contributed by atoms with Crippen LogP contribution in [0.15, 0.2) is 28.8 Å². The first-order chi connectivity index (χ1) is 11.6. The van der Waals surface area contributed by atoms with Gasteiger partial charge in [0.15, 0.2) is 0 Å². The summed E-state index contributed by atoms with van der Waals surface area (Å²) in [4.78, 5) is 12.2. The van der Waals surface area contributed by atoms with E-state index in [4.69, 9.17) is 4.52 Å². The molecule has 0 radical (unpaired) electrons. The Kier molecular flexibility index (Phi) is 4.88. The second-order valence-electron chi connectivity index (χ2n) is 6.66. The zero-order chi connectivity index (χ0) is 17.1. The third-order valence-corrected chi connectivity index (χ3v) is 4.86. The Balaban J connectivity index is 1.47. The highest BCUT2D eigenvalue weighted by atomic mass is 16.5.